The normalized spacial score (nSPS) is 15.8. The minimum atomic E-state index is -0.807. The molecule has 4 rings (SSSR count). The highest BCUT2D eigenvalue weighted by molar-refractivity contribution is 5.64. The van der Waals surface area contributed by atoms with E-state index >= 15 is 0 Å². The Balaban J connectivity index is 1.45. The van der Waals surface area contributed by atoms with Crippen molar-refractivity contribution in [2.45, 2.75) is 25.9 Å². The minimum Gasteiger partial charge on any atom is -0.368 e. The summed E-state index contributed by atoms with van der Waals surface area (Å²) in [7, 11) is 0. The summed E-state index contributed by atoms with van der Waals surface area (Å²) in [5, 5.41) is 0. The average molecular weight is 394 g/mol. The Bertz CT molecular complexity index is 1050. The van der Waals surface area contributed by atoms with E-state index < -0.39 is 11.6 Å². The Morgan fingerprint density at radius 1 is 0.897 bits per heavy atom. The molecule has 0 aliphatic carbocycles. The predicted molar refractivity (Wildman–Crippen MR) is 109 cm³/mol. The molecule has 0 aromatic heterocycles. The quantitative estimate of drug-likeness (QED) is 0.426. The number of hydrogen-bond donors (Lipinski definition) is 0. The fraction of sp³-hybridized carbons (Fsp3) is 0.200. The van der Waals surface area contributed by atoms with Gasteiger partial charge in [-0.05, 0) is 48.1 Å². The van der Waals surface area contributed by atoms with E-state index in [9.17, 15) is 13.2 Å². The molecule has 1 atom stereocenters. The van der Waals surface area contributed by atoms with Crippen LogP contribution in [0.15, 0.2) is 60.7 Å². The van der Waals surface area contributed by atoms with Crippen LogP contribution in [0.2, 0.25) is 0 Å². The first kappa shape index (κ1) is 19.5. The van der Waals surface area contributed by atoms with E-state index in [4.69, 9.17) is 4.74 Å². The number of rotatable bonds is 6. The number of allylic oxidation sites excluding steroid dienone is 1. The second-order valence-electron chi connectivity index (χ2n) is 7.20. The zero-order chi connectivity index (χ0) is 20.4. The number of hydrogen-bond acceptors (Lipinski definition) is 1. The first-order valence-corrected chi connectivity index (χ1v) is 9.66. The molecule has 1 fully saturated rings. The lowest BCUT2D eigenvalue weighted by molar-refractivity contribution is 0.408. The summed E-state index contributed by atoms with van der Waals surface area (Å²) in [4.78, 5) is 0. The van der Waals surface area contributed by atoms with Gasteiger partial charge in [0.05, 0.1) is 6.61 Å². The molecule has 148 valence electrons. The van der Waals surface area contributed by atoms with Crippen molar-refractivity contribution in [3.63, 3.8) is 0 Å². The van der Waals surface area contributed by atoms with Gasteiger partial charge in [-0.15, -0.1) is 0 Å². The fourth-order valence-electron chi connectivity index (χ4n) is 3.44. The third kappa shape index (κ3) is 4.28. The maximum atomic E-state index is 14.3. The van der Waals surface area contributed by atoms with Crippen molar-refractivity contribution in [3.05, 3.63) is 100 Å². The second kappa shape index (κ2) is 8.26. The van der Waals surface area contributed by atoms with Gasteiger partial charge < -0.3 is 4.74 Å². The minimum absolute atomic E-state index is 0.108. The summed E-state index contributed by atoms with van der Waals surface area (Å²) in [5.74, 6) is -1.85. The van der Waals surface area contributed by atoms with E-state index in [1.165, 1.54) is 6.07 Å². The number of aryl methyl sites for hydroxylation is 2. The summed E-state index contributed by atoms with van der Waals surface area (Å²) in [5.41, 5.74) is 3.93. The van der Waals surface area contributed by atoms with Crippen LogP contribution >= 0.6 is 0 Å². The Labute approximate surface area is 168 Å². The van der Waals surface area contributed by atoms with E-state index in [0.29, 0.717) is 30.6 Å². The highest BCUT2D eigenvalue weighted by atomic mass is 19.2. The van der Waals surface area contributed by atoms with Crippen molar-refractivity contribution in [2.24, 2.45) is 0 Å². The second-order valence-corrected chi connectivity index (χ2v) is 7.20. The van der Waals surface area contributed by atoms with Gasteiger partial charge in [0.25, 0.3) is 0 Å². The fourth-order valence-corrected chi connectivity index (χ4v) is 3.44. The number of ether oxygens (including phenoxy) is 1. The number of epoxide rings is 1. The van der Waals surface area contributed by atoms with Crippen LogP contribution in [0.4, 0.5) is 13.2 Å². The zero-order valence-electron chi connectivity index (χ0n) is 16.1. The molecule has 4 heteroatoms. The van der Waals surface area contributed by atoms with Crippen molar-refractivity contribution in [3.8, 4) is 11.1 Å². The molecule has 1 nitrogen and oxygen atoms in total. The standard InChI is InChI=1S/C25H21F3O/c1-2-3-18-10-11-19(25(28)24(18)27)9-6-16-4-7-17(8-5-16)20-12-13-21(22(26)14-20)23-15-29-23/h2-5,7-8,10-14,23H,6,9,15H2,1H3/b3-2+. The average Bonchev–Trinajstić information content (AvgIpc) is 3.56. The van der Waals surface area contributed by atoms with Gasteiger partial charge in [0, 0.05) is 11.1 Å². The Morgan fingerprint density at radius 3 is 2.28 bits per heavy atom. The SMILES string of the molecule is C/C=C/c1ccc(CCc2ccc(-c3ccc(C4CO4)c(F)c3)cc2)c(F)c1F. The molecule has 1 unspecified atom stereocenters. The number of halogens is 3. The van der Waals surface area contributed by atoms with Crippen molar-refractivity contribution in [2.75, 3.05) is 6.61 Å². The van der Waals surface area contributed by atoms with Gasteiger partial charge in [-0.25, -0.2) is 13.2 Å². The van der Waals surface area contributed by atoms with Crippen LogP contribution in [0, 0.1) is 17.5 Å². The smallest absolute Gasteiger partial charge is 0.166 e. The largest absolute Gasteiger partial charge is 0.368 e. The Hall–Kier alpha value is -2.85. The Kier molecular flexibility index (Phi) is 5.54. The van der Waals surface area contributed by atoms with Crippen LogP contribution in [0.1, 0.15) is 35.3 Å². The first-order chi connectivity index (χ1) is 14.1. The molecule has 29 heavy (non-hydrogen) atoms. The topological polar surface area (TPSA) is 12.5 Å². The molecule has 0 amide bonds. The molecule has 0 bridgehead atoms. The lowest BCUT2D eigenvalue weighted by Crippen LogP contribution is -1.99. The predicted octanol–water partition coefficient (Wildman–Crippen LogP) is 6.66. The first-order valence-electron chi connectivity index (χ1n) is 9.66. The van der Waals surface area contributed by atoms with E-state index in [-0.39, 0.29) is 17.5 Å². The molecule has 1 heterocycles. The van der Waals surface area contributed by atoms with Crippen LogP contribution in [0.3, 0.4) is 0 Å². The summed E-state index contributed by atoms with van der Waals surface area (Å²) in [6, 6.07) is 16.1. The highest BCUT2D eigenvalue weighted by Gasteiger charge is 2.27. The molecule has 3 aromatic carbocycles. The van der Waals surface area contributed by atoms with Crippen LogP contribution in [0.5, 0.6) is 0 Å². The molecule has 0 saturated carbocycles. The zero-order valence-corrected chi connectivity index (χ0v) is 16.1. The molecular weight excluding hydrogens is 373 g/mol. The molecular formula is C25H21F3O. The molecule has 1 saturated heterocycles. The van der Waals surface area contributed by atoms with E-state index in [0.717, 1.165) is 16.7 Å². The van der Waals surface area contributed by atoms with Gasteiger partial charge in [0.2, 0.25) is 0 Å². The molecule has 1 aliphatic heterocycles. The third-order valence-electron chi connectivity index (χ3n) is 5.19. The van der Waals surface area contributed by atoms with Gasteiger partial charge in [0.15, 0.2) is 11.6 Å². The molecule has 3 aromatic rings. The van der Waals surface area contributed by atoms with Crippen molar-refractivity contribution >= 4 is 6.08 Å². The molecule has 0 spiro atoms. The lowest BCUT2D eigenvalue weighted by atomic mass is 9.98. The van der Waals surface area contributed by atoms with Crippen LogP contribution in [-0.4, -0.2) is 6.61 Å². The van der Waals surface area contributed by atoms with E-state index in [2.05, 4.69) is 0 Å². The summed E-state index contributed by atoms with van der Waals surface area (Å²) in [6.07, 6.45) is 4.12. The van der Waals surface area contributed by atoms with Gasteiger partial charge in [0.1, 0.15) is 11.9 Å². The van der Waals surface area contributed by atoms with E-state index in [1.54, 1.807) is 37.3 Å². The molecule has 1 aliphatic rings. The molecule has 0 radical (unpaired) electrons. The summed E-state index contributed by atoms with van der Waals surface area (Å²) >= 11 is 0. The lowest BCUT2D eigenvalue weighted by Gasteiger charge is -2.08. The maximum Gasteiger partial charge on any atom is 0.166 e. The van der Waals surface area contributed by atoms with E-state index in [1.807, 2.05) is 30.3 Å². The van der Waals surface area contributed by atoms with Crippen molar-refractivity contribution in [1.82, 2.24) is 0 Å². The third-order valence-corrected chi connectivity index (χ3v) is 5.19. The maximum absolute atomic E-state index is 14.3. The highest BCUT2D eigenvalue weighted by Crippen LogP contribution is 2.33. The van der Waals surface area contributed by atoms with Gasteiger partial charge in [-0.1, -0.05) is 60.7 Å². The van der Waals surface area contributed by atoms with Crippen LogP contribution in [-0.2, 0) is 17.6 Å². The summed E-state index contributed by atoms with van der Waals surface area (Å²) in [6.45, 7) is 2.34. The van der Waals surface area contributed by atoms with Crippen LogP contribution in [0.25, 0.3) is 17.2 Å². The van der Waals surface area contributed by atoms with Crippen molar-refractivity contribution < 1.29 is 17.9 Å². The molecule has 0 N–H and O–H groups in total. The summed E-state index contributed by atoms with van der Waals surface area (Å²) < 4.78 is 47.7. The van der Waals surface area contributed by atoms with Gasteiger partial charge in [-0.3, -0.25) is 0 Å². The van der Waals surface area contributed by atoms with Crippen molar-refractivity contribution in [1.29, 1.82) is 0 Å². The van der Waals surface area contributed by atoms with Gasteiger partial charge in [-0.2, -0.15) is 0 Å². The number of benzene rings is 3. The van der Waals surface area contributed by atoms with Crippen LogP contribution < -0.4 is 0 Å². The Morgan fingerprint density at radius 2 is 1.62 bits per heavy atom. The monoisotopic (exact) mass is 394 g/mol. The van der Waals surface area contributed by atoms with Gasteiger partial charge >= 0.3 is 0 Å².